The third-order valence-corrected chi connectivity index (χ3v) is 5.90. The number of rotatable bonds is 5. The van der Waals surface area contributed by atoms with Crippen molar-refractivity contribution in [1.29, 1.82) is 0 Å². The van der Waals surface area contributed by atoms with E-state index in [2.05, 4.69) is 20.2 Å². The minimum absolute atomic E-state index is 0.144. The maximum atomic E-state index is 11.9. The Morgan fingerprint density at radius 2 is 1.79 bits per heavy atom. The van der Waals surface area contributed by atoms with Crippen molar-refractivity contribution in [3.8, 4) is 0 Å². The van der Waals surface area contributed by atoms with Gasteiger partial charge in [0.2, 0.25) is 10.0 Å². The van der Waals surface area contributed by atoms with Crippen molar-refractivity contribution in [2.45, 2.75) is 6.92 Å². The van der Waals surface area contributed by atoms with E-state index < -0.39 is 10.0 Å². The zero-order valence-electron chi connectivity index (χ0n) is 13.6. The van der Waals surface area contributed by atoms with Crippen molar-refractivity contribution in [1.82, 2.24) is 14.3 Å². The summed E-state index contributed by atoms with van der Waals surface area (Å²) in [5.41, 5.74) is 0.959. The summed E-state index contributed by atoms with van der Waals surface area (Å²) in [6.07, 6.45) is 1.52. The number of para-hydroxylation sites is 1. The lowest BCUT2D eigenvalue weighted by Crippen LogP contribution is -2.49. The van der Waals surface area contributed by atoms with Crippen LogP contribution in [-0.4, -0.2) is 54.6 Å². The first-order chi connectivity index (χ1) is 11.6. The second-order valence-corrected chi connectivity index (χ2v) is 7.80. The second kappa shape index (κ2) is 7.14. The third kappa shape index (κ3) is 3.82. The molecule has 0 unspecified atom stereocenters. The molecule has 2 aromatic rings. The van der Waals surface area contributed by atoms with Gasteiger partial charge >= 0.3 is 0 Å². The van der Waals surface area contributed by atoms with Crippen LogP contribution in [0.1, 0.15) is 6.92 Å². The van der Waals surface area contributed by atoms with E-state index >= 15 is 0 Å². The van der Waals surface area contributed by atoms with Crippen molar-refractivity contribution in [2.24, 2.45) is 0 Å². The molecule has 1 aliphatic heterocycles. The highest BCUT2D eigenvalue weighted by atomic mass is 32.2. The first kappa shape index (κ1) is 16.7. The van der Waals surface area contributed by atoms with Crippen molar-refractivity contribution in [3.63, 3.8) is 0 Å². The predicted molar refractivity (Wildman–Crippen MR) is 95.0 cm³/mol. The molecular weight excluding hydrogens is 326 g/mol. The number of anilines is 3. The van der Waals surface area contributed by atoms with Crippen LogP contribution in [0.3, 0.4) is 0 Å². The highest BCUT2D eigenvalue weighted by Crippen LogP contribution is 2.20. The van der Waals surface area contributed by atoms with Crippen LogP contribution in [0.25, 0.3) is 0 Å². The van der Waals surface area contributed by atoms with Crippen molar-refractivity contribution >= 4 is 27.3 Å². The van der Waals surface area contributed by atoms with Crippen LogP contribution in [0.15, 0.2) is 42.7 Å². The zero-order chi connectivity index (χ0) is 17.0. The summed E-state index contributed by atoms with van der Waals surface area (Å²) in [7, 11) is -3.11. The SMILES string of the molecule is CCS(=O)(=O)N1CCN(c2cc(Nc3ccccc3)ncn2)CC1. The Hall–Kier alpha value is -2.19. The minimum Gasteiger partial charge on any atom is -0.354 e. The van der Waals surface area contributed by atoms with Crippen LogP contribution < -0.4 is 10.2 Å². The fourth-order valence-corrected chi connectivity index (χ4v) is 3.72. The van der Waals surface area contributed by atoms with Crippen LogP contribution in [0, 0.1) is 0 Å². The van der Waals surface area contributed by atoms with Crippen LogP contribution in [0.5, 0.6) is 0 Å². The Labute approximate surface area is 142 Å². The number of hydrogen-bond donors (Lipinski definition) is 1. The van der Waals surface area contributed by atoms with Gasteiger partial charge in [0.05, 0.1) is 5.75 Å². The maximum absolute atomic E-state index is 11.9. The molecule has 3 rings (SSSR count). The van der Waals surface area contributed by atoms with Crippen LogP contribution in [0.4, 0.5) is 17.3 Å². The normalized spacial score (nSPS) is 16.1. The number of nitrogens with zero attached hydrogens (tertiary/aromatic N) is 4. The molecule has 1 fully saturated rings. The van der Waals surface area contributed by atoms with Crippen molar-refractivity contribution in [2.75, 3.05) is 42.1 Å². The highest BCUT2D eigenvalue weighted by molar-refractivity contribution is 7.89. The third-order valence-electron chi connectivity index (χ3n) is 4.02. The summed E-state index contributed by atoms with van der Waals surface area (Å²) >= 11 is 0. The van der Waals surface area contributed by atoms with Gasteiger partial charge in [-0.3, -0.25) is 0 Å². The lowest BCUT2D eigenvalue weighted by atomic mass is 10.3. The molecule has 0 bridgehead atoms. The Morgan fingerprint density at radius 1 is 1.08 bits per heavy atom. The average Bonchev–Trinajstić information content (AvgIpc) is 2.63. The number of benzene rings is 1. The number of piperazine rings is 1. The van der Waals surface area contributed by atoms with E-state index in [0.29, 0.717) is 26.2 Å². The molecular formula is C16H21N5O2S. The molecule has 2 heterocycles. The molecule has 1 aromatic heterocycles. The maximum Gasteiger partial charge on any atom is 0.213 e. The molecule has 0 spiro atoms. The van der Waals surface area contributed by atoms with Gasteiger partial charge in [-0.15, -0.1) is 0 Å². The van der Waals surface area contributed by atoms with Gasteiger partial charge in [0.25, 0.3) is 0 Å². The molecule has 0 amide bonds. The van der Waals surface area contributed by atoms with Gasteiger partial charge in [-0.25, -0.2) is 18.4 Å². The van der Waals surface area contributed by atoms with Crippen LogP contribution in [0.2, 0.25) is 0 Å². The van der Waals surface area contributed by atoms with Crippen molar-refractivity contribution < 1.29 is 8.42 Å². The van der Waals surface area contributed by atoms with E-state index in [-0.39, 0.29) is 5.75 Å². The molecule has 128 valence electrons. The Bertz CT molecular complexity index is 774. The molecule has 0 atom stereocenters. The van der Waals surface area contributed by atoms with Crippen LogP contribution >= 0.6 is 0 Å². The van der Waals surface area contributed by atoms with Gasteiger partial charge in [0.1, 0.15) is 18.0 Å². The Balaban J connectivity index is 1.67. The van der Waals surface area contributed by atoms with Gasteiger partial charge in [0.15, 0.2) is 0 Å². The molecule has 7 nitrogen and oxygen atoms in total. The molecule has 0 radical (unpaired) electrons. The number of aromatic nitrogens is 2. The number of hydrogen-bond acceptors (Lipinski definition) is 6. The van der Waals surface area contributed by atoms with Gasteiger partial charge in [0, 0.05) is 37.9 Å². The summed E-state index contributed by atoms with van der Waals surface area (Å²) in [4.78, 5) is 10.6. The Morgan fingerprint density at radius 3 is 2.46 bits per heavy atom. The largest absolute Gasteiger partial charge is 0.354 e. The van der Waals surface area contributed by atoms with Gasteiger partial charge in [-0.05, 0) is 19.1 Å². The molecule has 1 saturated heterocycles. The standard InChI is InChI=1S/C16H21N5O2S/c1-2-24(22,23)21-10-8-20(9-11-21)16-12-15(17-13-18-16)19-14-6-4-3-5-7-14/h3-7,12-13H,2,8-11H2,1H3,(H,17,18,19). The number of sulfonamides is 1. The van der Waals surface area contributed by atoms with Crippen LogP contribution in [-0.2, 0) is 10.0 Å². The first-order valence-corrected chi connectivity index (χ1v) is 9.56. The van der Waals surface area contributed by atoms with Gasteiger partial charge in [-0.2, -0.15) is 4.31 Å². The summed E-state index contributed by atoms with van der Waals surface area (Å²) in [5.74, 6) is 1.66. The summed E-state index contributed by atoms with van der Waals surface area (Å²) < 4.78 is 25.4. The molecule has 0 saturated carbocycles. The molecule has 1 N–H and O–H groups in total. The van der Waals surface area contributed by atoms with E-state index in [9.17, 15) is 8.42 Å². The summed E-state index contributed by atoms with van der Waals surface area (Å²) in [6, 6.07) is 11.7. The topological polar surface area (TPSA) is 78.4 Å². The quantitative estimate of drug-likeness (QED) is 0.887. The fourth-order valence-electron chi connectivity index (χ4n) is 2.64. The molecule has 8 heteroatoms. The average molecular weight is 347 g/mol. The smallest absolute Gasteiger partial charge is 0.213 e. The number of nitrogens with one attached hydrogen (secondary N) is 1. The lowest BCUT2D eigenvalue weighted by Gasteiger charge is -2.34. The first-order valence-electron chi connectivity index (χ1n) is 7.95. The van der Waals surface area contributed by atoms with Crippen molar-refractivity contribution in [3.05, 3.63) is 42.7 Å². The van der Waals surface area contributed by atoms with Gasteiger partial charge in [-0.1, -0.05) is 18.2 Å². The summed E-state index contributed by atoms with van der Waals surface area (Å²) in [5, 5.41) is 3.24. The van der Waals surface area contributed by atoms with E-state index in [0.717, 1.165) is 17.3 Å². The molecule has 1 aromatic carbocycles. The summed E-state index contributed by atoms with van der Waals surface area (Å²) in [6.45, 7) is 3.90. The molecule has 1 aliphatic rings. The van der Waals surface area contributed by atoms with Gasteiger partial charge < -0.3 is 10.2 Å². The highest BCUT2D eigenvalue weighted by Gasteiger charge is 2.26. The lowest BCUT2D eigenvalue weighted by molar-refractivity contribution is 0.384. The second-order valence-electron chi connectivity index (χ2n) is 5.54. The molecule has 0 aliphatic carbocycles. The zero-order valence-corrected chi connectivity index (χ0v) is 14.4. The van der Waals surface area contributed by atoms with E-state index in [4.69, 9.17) is 0 Å². The Kier molecular flexibility index (Phi) is 4.96. The van der Waals surface area contributed by atoms with E-state index in [1.54, 1.807) is 11.2 Å². The fraction of sp³-hybridized carbons (Fsp3) is 0.375. The molecule has 24 heavy (non-hydrogen) atoms. The predicted octanol–water partition coefficient (Wildman–Crippen LogP) is 1.69. The van der Waals surface area contributed by atoms with E-state index in [1.807, 2.05) is 36.4 Å². The monoisotopic (exact) mass is 347 g/mol. The van der Waals surface area contributed by atoms with E-state index in [1.165, 1.54) is 6.33 Å². The minimum atomic E-state index is -3.11.